The van der Waals surface area contributed by atoms with Gasteiger partial charge >= 0.3 is 0 Å². The second kappa shape index (κ2) is 8.26. The molecule has 2 fully saturated rings. The molecule has 0 bridgehead atoms. The minimum absolute atomic E-state index is 0.159. The summed E-state index contributed by atoms with van der Waals surface area (Å²) in [5.41, 5.74) is 2.68. The molecule has 2 saturated heterocycles. The number of nitrogens with zero attached hydrogens (tertiary/aromatic N) is 6. The van der Waals surface area contributed by atoms with E-state index in [9.17, 15) is 4.79 Å². The van der Waals surface area contributed by atoms with Gasteiger partial charge in [-0.3, -0.25) is 4.79 Å². The number of rotatable bonds is 3. The summed E-state index contributed by atoms with van der Waals surface area (Å²) < 4.78 is 0. The molecule has 30 heavy (non-hydrogen) atoms. The lowest BCUT2D eigenvalue weighted by molar-refractivity contribution is -0.137. The Morgan fingerprint density at radius 2 is 1.73 bits per heavy atom. The van der Waals surface area contributed by atoms with E-state index in [2.05, 4.69) is 26.7 Å². The summed E-state index contributed by atoms with van der Waals surface area (Å²) in [5.74, 6) is 1.27. The summed E-state index contributed by atoms with van der Waals surface area (Å²) in [6, 6.07) is 3.98. The van der Waals surface area contributed by atoms with E-state index in [1.807, 2.05) is 12.1 Å². The summed E-state index contributed by atoms with van der Waals surface area (Å²) >= 11 is 1.62. The van der Waals surface area contributed by atoms with Gasteiger partial charge in [0.1, 0.15) is 16.7 Å². The Balaban J connectivity index is 1.25. The third kappa shape index (κ3) is 3.88. The number of hydrogen-bond donors (Lipinski definition) is 0. The summed E-state index contributed by atoms with van der Waals surface area (Å²) in [6.45, 7) is 5.89. The molecule has 5 rings (SSSR count). The van der Waals surface area contributed by atoms with Crippen molar-refractivity contribution in [2.75, 3.05) is 31.1 Å². The number of pyridine rings is 1. The fraction of sp³-hybridized carbons (Fsp3) is 0.500. The summed E-state index contributed by atoms with van der Waals surface area (Å²) in [6.07, 6.45) is 9.15. The van der Waals surface area contributed by atoms with Gasteiger partial charge in [0, 0.05) is 50.1 Å². The largest absolute Gasteiger partial charge is 0.348 e. The monoisotopic (exact) mass is 422 g/mol. The molecule has 3 aromatic rings. The van der Waals surface area contributed by atoms with Crippen molar-refractivity contribution in [2.45, 2.75) is 32.6 Å². The maximum Gasteiger partial charge on any atom is 0.225 e. The molecule has 0 atom stereocenters. The zero-order chi connectivity index (χ0) is 20.5. The van der Waals surface area contributed by atoms with Crippen LogP contribution in [0.1, 0.15) is 32.6 Å². The first-order valence-corrected chi connectivity index (χ1v) is 11.6. The molecule has 0 spiro atoms. The van der Waals surface area contributed by atoms with E-state index in [1.165, 1.54) is 6.33 Å². The molecule has 0 N–H and O–H groups in total. The number of carbonyl (C=O) groups excluding carboxylic acids is 1. The Morgan fingerprint density at radius 3 is 2.47 bits per heavy atom. The number of hydrogen-bond acceptors (Lipinski definition) is 7. The average Bonchev–Trinajstić information content (AvgIpc) is 3.23. The van der Waals surface area contributed by atoms with E-state index in [0.29, 0.717) is 5.91 Å². The van der Waals surface area contributed by atoms with E-state index in [1.54, 1.807) is 23.7 Å². The fourth-order valence-electron chi connectivity index (χ4n) is 4.34. The van der Waals surface area contributed by atoms with Crippen molar-refractivity contribution < 1.29 is 4.79 Å². The lowest BCUT2D eigenvalue weighted by Gasteiger charge is -2.36. The zero-order valence-corrected chi connectivity index (χ0v) is 18.0. The highest BCUT2D eigenvalue weighted by molar-refractivity contribution is 7.21. The van der Waals surface area contributed by atoms with Gasteiger partial charge in [-0.1, -0.05) is 18.3 Å². The SMILES string of the molecule is CC1CCN(C(=O)C2CCN(c3nc4ccc(-c5cncnc5)nc4s3)CC2)CC1. The van der Waals surface area contributed by atoms with Gasteiger partial charge in [0.15, 0.2) is 5.13 Å². The predicted molar refractivity (Wildman–Crippen MR) is 118 cm³/mol. The van der Waals surface area contributed by atoms with Crippen LogP contribution in [0.2, 0.25) is 0 Å². The van der Waals surface area contributed by atoms with Crippen LogP contribution in [0.15, 0.2) is 30.9 Å². The van der Waals surface area contributed by atoms with Crippen molar-refractivity contribution in [1.29, 1.82) is 0 Å². The van der Waals surface area contributed by atoms with Crippen molar-refractivity contribution in [3.63, 3.8) is 0 Å². The van der Waals surface area contributed by atoms with Crippen LogP contribution in [-0.4, -0.2) is 56.9 Å². The van der Waals surface area contributed by atoms with Crippen LogP contribution in [0.25, 0.3) is 21.6 Å². The Bertz CT molecular complexity index is 1020. The molecule has 156 valence electrons. The maximum atomic E-state index is 12.9. The fourth-order valence-corrected chi connectivity index (χ4v) is 5.33. The highest BCUT2D eigenvalue weighted by Crippen LogP contribution is 2.32. The van der Waals surface area contributed by atoms with Gasteiger partial charge in [-0.05, 0) is 43.7 Å². The molecular weight excluding hydrogens is 396 g/mol. The van der Waals surface area contributed by atoms with E-state index < -0.39 is 0 Å². The maximum absolute atomic E-state index is 12.9. The number of aromatic nitrogens is 4. The highest BCUT2D eigenvalue weighted by Gasteiger charge is 2.31. The molecule has 8 heteroatoms. The first-order valence-electron chi connectivity index (χ1n) is 10.7. The Labute approximate surface area is 180 Å². The van der Waals surface area contributed by atoms with Gasteiger partial charge in [0.05, 0.1) is 5.69 Å². The van der Waals surface area contributed by atoms with Gasteiger partial charge in [-0.15, -0.1) is 0 Å². The second-order valence-electron chi connectivity index (χ2n) is 8.41. The van der Waals surface area contributed by atoms with Crippen LogP contribution in [0, 0.1) is 11.8 Å². The quantitative estimate of drug-likeness (QED) is 0.642. The van der Waals surface area contributed by atoms with Gasteiger partial charge in [-0.2, -0.15) is 0 Å². The van der Waals surface area contributed by atoms with Crippen LogP contribution < -0.4 is 4.90 Å². The van der Waals surface area contributed by atoms with Crippen LogP contribution in [0.3, 0.4) is 0 Å². The average molecular weight is 423 g/mol. The van der Waals surface area contributed by atoms with E-state index in [-0.39, 0.29) is 5.92 Å². The summed E-state index contributed by atoms with van der Waals surface area (Å²) in [4.78, 5) is 35.9. The Morgan fingerprint density at radius 1 is 1.00 bits per heavy atom. The van der Waals surface area contributed by atoms with E-state index >= 15 is 0 Å². The van der Waals surface area contributed by atoms with Crippen LogP contribution in [0.4, 0.5) is 5.13 Å². The molecule has 7 nitrogen and oxygen atoms in total. The normalized spacial score (nSPS) is 18.8. The molecular formula is C22H26N6OS. The van der Waals surface area contributed by atoms with Crippen molar-refractivity contribution >= 4 is 32.7 Å². The lowest BCUT2D eigenvalue weighted by Crippen LogP contribution is -2.45. The molecule has 2 aliphatic heterocycles. The van der Waals surface area contributed by atoms with Crippen LogP contribution in [-0.2, 0) is 4.79 Å². The Kier molecular flexibility index (Phi) is 5.33. The number of anilines is 1. The van der Waals surface area contributed by atoms with Crippen LogP contribution >= 0.6 is 11.3 Å². The zero-order valence-electron chi connectivity index (χ0n) is 17.2. The predicted octanol–water partition coefficient (Wildman–Crippen LogP) is 3.62. The molecule has 0 saturated carbocycles. The van der Waals surface area contributed by atoms with Gasteiger partial charge in [0.25, 0.3) is 0 Å². The van der Waals surface area contributed by atoms with Crippen molar-refractivity contribution in [1.82, 2.24) is 24.8 Å². The van der Waals surface area contributed by atoms with Gasteiger partial charge in [-0.25, -0.2) is 19.9 Å². The van der Waals surface area contributed by atoms with Crippen molar-refractivity contribution in [2.24, 2.45) is 11.8 Å². The van der Waals surface area contributed by atoms with E-state index in [0.717, 1.165) is 84.5 Å². The number of likely N-dealkylation sites (tertiary alicyclic amines) is 1. The number of fused-ring (bicyclic) bond motifs is 1. The molecule has 0 aliphatic carbocycles. The summed E-state index contributed by atoms with van der Waals surface area (Å²) in [5, 5.41) is 0.997. The lowest BCUT2D eigenvalue weighted by atomic mass is 9.93. The topological polar surface area (TPSA) is 75.1 Å². The third-order valence-corrected chi connectivity index (χ3v) is 7.34. The van der Waals surface area contributed by atoms with Gasteiger partial charge < -0.3 is 9.80 Å². The molecule has 1 amide bonds. The minimum atomic E-state index is 0.159. The van der Waals surface area contributed by atoms with Crippen LogP contribution in [0.5, 0.6) is 0 Å². The van der Waals surface area contributed by atoms with Crippen molar-refractivity contribution in [3.8, 4) is 11.3 Å². The molecule has 0 unspecified atom stereocenters. The smallest absolute Gasteiger partial charge is 0.225 e. The highest BCUT2D eigenvalue weighted by atomic mass is 32.1. The first-order chi connectivity index (χ1) is 14.7. The second-order valence-corrected chi connectivity index (χ2v) is 9.37. The molecule has 0 aromatic carbocycles. The number of piperidine rings is 2. The molecule has 2 aliphatic rings. The van der Waals surface area contributed by atoms with Gasteiger partial charge in [0.2, 0.25) is 5.91 Å². The standard InChI is InChI=1S/C22H26N6OS/c1-15-4-8-27(9-5-15)21(29)16-6-10-28(11-7-16)22-26-19-3-2-18(25-20(19)30-22)17-12-23-14-24-13-17/h2-3,12-16H,4-11H2,1H3. The summed E-state index contributed by atoms with van der Waals surface area (Å²) in [7, 11) is 0. The number of amides is 1. The number of carbonyl (C=O) groups is 1. The number of thiazole rings is 1. The van der Waals surface area contributed by atoms with Crippen molar-refractivity contribution in [3.05, 3.63) is 30.9 Å². The third-order valence-electron chi connectivity index (χ3n) is 6.31. The van der Waals surface area contributed by atoms with E-state index in [4.69, 9.17) is 9.97 Å². The Hall–Kier alpha value is -2.61. The molecule has 3 aromatic heterocycles. The minimum Gasteiger partial charge on any atom is -0.348 e. The first kappa shape index (κ1) is 19.4. The molecule has 5 heterocycles. The molecule has 0 radical (unpaired) electrons.